The van der Waals surface area contributed by atoms with Crippen molar-refractivity contribution in [2.75, 3.05) is 39.3 Å². The molecule has 0 bridgehead atoms. The Bertz CT molecular complexity index is 800. The molecule has 158 valence electrons. The van der Waals surface area contributed by atoms with Gasteiger partial charge in [0.05, 0.1) is 0 Å². The number of amides is 1. The summed E-state index contributed by atoms with van der Waals surface area (Å²) in [6.45, 7) is 2.62. The van der Waals surface area contributed by atoms with E-state index in [1.807, 2.05) is 0 Å². The Morgan fingerprint density at radius 3 is 2.29 bits per heavy atom. The highest BCUT2D eigenvalue weighted by atomic mass is 32.2. The summed E-state index contributed by atoms with van der Waals surface area (Å²) in [6, 6.07) is 0. The second-order valence-corrected chi connectivity index (χ2v) is 8.41. The van der Waals surface area contributed by atoms with Gasteiger partial charge < -0.3 is 10.0 Å². The number of carboxylic acid groups (broad SMARTS) is 1. The maximum atomic E-state index is 12.6. The number of aryl methyl sites for hydroxylation is 1. The molecule has 1 aromatic heterocycles. The van der Waals surface area contributed by atoms with E-state index in [9.17, 15) is 18.0 Å². The highest BCUT2D eigenvalue weighted by molar-refractivity contribution is 7.86. The minimum absolute atomic E-state index is 0.0516. The van der Waals surface area contributed by atoms with Gasteiger partial charge in [-0.25, -0.2) is 9.89 Å². The second-order valence-electron chi connectivity index (χ2n) is 6.48. The number of rotatable bonds is 5. The van der Waals surface area contributed by atoms with Gasteiger partial charge >= 0.3 is 5.69 Å². The van der Waals surface area contributed by atoms with Crippen molar-refractivity contribution < 1.29 is 23.1 Å². The van der Waals surface area contributed by atoms with Gasteiger partial charge in [-0.3, -0.25) is 14.6 Å². The fourth-order valence-corrected chi connectivity index (χ4v) is 4.98. The summed E-state index contributed by atoms with van der Waals surface area (Å²) in [5.74, 6) is 0.399. The summed E-state index contributed by atoms with van der Waals surface area (Å²) < 4.78 is 28.3. The fraction of sp³-hybridized carbons (Fsp3) is 0.733. The second kappa shape index (κ2) is 10.3. The number of hydrogen-bond acceptors (Lipinski definition) is 6. The van der Waals surface area contributed by atoms with Gasteiger partial charge in [-0.05, 0) is 19.3 Å². The summed E-state index contributed by atoms with van der Waals surface area (Å²) >= 11 is 0. The number of carbonyl (C=O) groups excluding carboxylic acids is 1. The molecule has 2 fully saturated rings. The van der Waals surface area contributed by atoms with Crippen LogP contribution in [0, 0.1) is 0 Å². The van der Waals surface area contributed by atoms with E-state index in [0.29, 0.717) is 57.9 Å². The van der Waals surface area contributed by atoms with E-state index in [1.54, 1.807) is 9.21 Å². The molecule has 2 aliphatic rings. The molecule has 3 N–H and O–H groups in total. The van der Waals surface area contributed by atoms with Gasteiger partial charge in [0.1, 0.15) is 5.82 Å². The molecule has 0 unspecified atom stereocenters. The van der Waals surface area contributed by atoms with Crippen molar-refractivity contribution in [3.05, 3.63) is 16.3 Å². The molecule has 1 aromatic rings. The third kappa shape index (κ3) is 5.87. The van der Waals surface area contributed by atoms with Crippen LogP contribution < -0.4 is 5.69 Å². The molecule has 0 radical (unpaired) electrons. The third-order valence-electron chi connectivity index (χ3n) is 4.65. The van der Waals surface area contributed by atoms with Crippen LogP contribution in [0.2, 0.25) is 0 Å². The normalized spacial score (nSPS) is 18.9. The summed E-state index contributed by atoms with van der Waals surface area (Å²) in [5, 5.41) is 12.9. The van der Waals surface area contributed by atoms with E-state index in [4.69, 9.17) is 9.90 Å². The number of hydrogen-bond donors (Lipinski definition) is 3. The van der Waals surface area contributed by atoms with E-state index in [0.717, 1.165) is 12.8 Å². The van der Waals surface area contributed by atoms with Gasteiger partial charge in [0.25, 0.3) is 16.7 Å². The largest absolute Gasteiger partial charge is 0.483 e. The smallest absolute Gasteiger partial charge is 0.340 e. The molecule has 0 saturated carbocycles. The van der Waals surface area contributed by atoms with Crippen LogP contribution in [0.1, 0.15) is 31.5 Å². The van der Waals surface area contributed by atoms with Crippen LogP contribution in [0.4, 0.5) is 0 Å². The average Bonchev–Trinajstić information content (AvgIpc) is 3.27. The molecule has 28 heavy (non-hydrogen) atoms. The summed E-state index contributed by atoms with van der Waals surface area (Å²) in [5.41, 5.74) is -0.389. The van der Waals surface area contributed by atoms with Crippen molar-refractivity contribution in [3.8, 4) is 0 Å². The van der Waals surface area contributed by atoms with Crippen LogP contribution in [0.5, 0.6) is 0 Å². The highest BCUT2D eigenvalue weighted by Crippen LogP contribution is 2.18. The van der Waals surface area contributed by atoms with Crippen molar-refractivity contribution in [2.45, 2.75) is 32.1 Å². The predicted octanol–water partition coefficient (Wildman–Crippen LogP) is -1.39. The van der Waals surface area contributed by atoms with Crippen LogP contribution >= 0.6 is 0 Å². The molecule has 2 aliphatic heterocycles. The number of nitrogens with one attached hydrogen (secondary N) is 2. The lowest BCUT2D eigenvalue weighted by atomic mass is 10.2. The molecule has 0 aromatic carbocycles. The van der Waals surface area contributed by atoms with Crippen LogP contribution in [-0.4, -0.2) is 93.9 Å². The van der Waals surface area contributed by atoms with Gasteiger partial charge in [-0.1, -0.05) is 0 Å². The monoisotopic (exact) mass is 418 g/mol. The summed E-state index contributed by atoms with van der Waals surface area (Å²) in [7, 11) is -3.41. The van der Waals surface area contributed by atoms with Crippen LogP contribution in [0.15, 0.2) is 4.79 Å². The topological polar surface area (TPSA) is 160 Å². The first-order chi connectivity index (χ1) is 13.4. The minimum Gasteiger partial charge on any atom is -0.483 e. The zero-order chi connectivity index (χ0) is 20.6. The van der Waals surface area contributed by atoms with Gasteiger partial charge in [0.15, 0.2) is 0 Å². The molecule has 2 saturated heterocycles. The van der Waals surface area contributed by atoms with Crippen molar-refractivity contribution in [1.82, 2.24) is 28.7 Å². The van der Waals surface area contributed by atoms with Crippen LogP contribution in [0.25, 0.3) is 0 Å². The van der Waals surface area contributed by atoms with Crippen LogP contribution in [-0.2, 0) is 26.2 Å². The van der Waals surface area contributed by atoms with Gasteiger partial charge in [0, 0.05) is 52.1 Å². The highest BCUT2D eigenvalue weighted by Gasteiger charge is 2.33. The standard InChI is InChI=1S/C14H24N6O4S.CH2O2/c21-13(5-4-12-15-14(22)17-16-12)18-6-3-9-20(11-10-18)25(23,24)19-7-1-2-8-19;2-1-3/h1-11H2,(H2,15,16,17,22);1H,(H,2,3). The quantitative estimate of drug-likeness (QED) is 0.496. The van der Waals surface area contributed by atoms with E-state index in [2.05, 4.69) is 15.2 Å². The molecule has 3 heterocycles. The molecule has 0 spiro atoms. The first-order valence-electron chi connectivity index (χ1n) is 9.13. The molecular weight excluding hydrogens is 392 g/mol. The molecule has 12 nitrogen and oxygen atoms in total. The Labute approximate surface area is 162 Å². The zero-order valence-electron chi connectivity index (χ0n) is 15.5. The maximum absolute atomic E-state index is 12.6. The number of nitrogens with zero attached hydrogens (tertiary/aromatic N) is 4. The summed E-state index contributed by atoms with van der Waals surface area (Å²) in [6.07, 6.45) is 3.03. The lowest BCUT2D eigenvalue weighted by molar-refractivity contribution is -0.131. The molecular formula is C15H26N6O6S. The Morgan fingerprint density at radius 1 is 1.07 bits per heavy atom. The average molecular weight is 418 g/mol. The van der Waals surface area contributed by atoms with Gasteiger partial charge in [-0.2, -0.15) is 22.1 Å². The Balaban J connectivity index is 0.000000878. The maximum Gasteiger partial charge on any atom is 0.340 e. The molecule has 1 amide bonds. The Morgan fingerprint density at radius 2 is 1.68 bits per heavy atom. The van der Waals surface area contributed by atoms with Gasteiger partial charge in [-0.15, -0.1) is 0 Å². The van der Waals surface area contributed by atoms with E-state index < -0.39 is 10.2 Å². The van der Waals surface area contributed by atoms with Crippen molar-refractivity contribution in [1.29, 1.82) is 0 Å². The van der Waals surface area contributed by atoms with Crippen molar-refractivity contribution >= 4 is 22.6 Å². The lowest BCUT2D eigenvalue weighted by Crippen LogP contribution is -2.44. The van der Waals surface area contributed by atoms with Crippen molar-refractivity contribution in [2.24, 2.45) is 0 Å². The zero-order valence-corrected chi connectivity index (χ0v) is 16.4. The summed E-state index contributed by atoms with van der Waals surface area (Å²) in [4.78, 5) is 35.9. The van der Waals surface area contributed by atoms with E-state index in [1.165, 1.54) is 4.31 Å². The first kappa shape index (κ1) is 22.0. The molecule has 0 aliphatic carbocycles. The molecule has 13 heteroatoms. The third-order valence-corrected chi connectivity index (χ3v) is 6.69. The van der Waals surface area contributed by atoms with Gasteiger partial charge in [0.2, 0.25) is 5.91 Å². The lowest BCUT2D eigenvalue weighted by Gasteiger charge is -2.26. The number of H-pyrrole nitrogens is 2. The molecule has 0 atom stereocenters. The number of carbonyl (C=O) groups is 2. The SMILES string of the molecule is O=C(CCc1n[nH]c(=O)[nH]1)N1CCCN(S(=O)(=O)N2CCCC2)CC1.O=CO. The minimum atomic E-state index is -3.41. The van der Waals surface area contributed by atoms with Crippen molar-refractivity contribution in [3.63, 3.8) is 0 Å². The van der Waals surface area contributed by atoms with E-state index >= 15 is 0 Å². The van der Waals surface area contributed by atoms with E-state index in [-0.39, 0.29) is 24.5 Å². The number of aromatic nitrogens is 3. The first-order valence-corrected chi connectivity index (χ1v) is 10.5. The fourth-order valence-electron chi connectivity index (χ4n) is 3.26. The number of aromatic amines is 2. The predicted molar refractivity (Wildman–Crippen MR) is 98.7 cm³/mol. The van der Waals surface area contributed by atoms with Crippen LogP contribution in [0.3, 0.4) is 0 Å². The Hall–Kier alpha value is -2.25. The molecule has 3 rings (SSSR count). The Kier molecular flexibility index (Phi) is 8.14.